The van der Waals surface area contributed by atoms with Gasteiger partial charge in [-0.05, 0) is 60.7 Å². The summed E-state index contributed by atoms with van der Waals surface area (Å²) in [7, 11) is 0. The molecule has 0 aromatic heterocycles. The van der Waals surface area contributed by atoms with Crippen LogP contribution in [0.3, 0.4) is 0 Å². The number of guanidine groups is 1. The van der Waals surface area contributed by atoms with E-state index in [0.717, 1.165) is 55.0 Å². The first-order valence-electron chi connectivity index (χ1n) is 14.9. The minimum Gasteiger partial charge on any atom is -0.379 e. The summed E-state index contributed by atoms with van der Waals surface area (Å²) in [5.74, 6) is -0.790. The number of nitrogens with zero attached hydrogens (tertiary/aromatic N) is 4. The van der Waals surface area contributed by atoms with Crippen LogP contribution in [-0.4, -0.2) is 76.7 Å². The first-order chi connectivity index (χ1) is 22.0. The summed E-state index contributed by atoms with van der Waals surface area (Å²) in [4.78, 5) is 25.8. The Labute approximate surface area is 263 Å². The summed E-state index contributed by atoms with van der Waals surface area (Å²) in [5, 5.41) is 9.25. The molecule has 0 aliphatic carbocycles. The second-order valence-electron chi connectivity index (χ2n) is 10.4. The van der Waals surface area contributed by atoms with E-state index in [1.165, 1.54) is 12.3 Å². The molecule has 2 saturated heterocycles. The van der Waals surface area contributed by atoms with Crippen molar-refractivity contribution in [3.8, 4) is 0 Å². The van der Waals surface area contributed by atoms with Gasteiger partial charge in [-0.2, -0.15) is 0 Å². The fourth-order valence-electron chi connectivity index (χ4n) is 5.02. The molecule has 2 fully saturated rings. The predicted octanol–water partition coefficient (Wildman–Crippen LogP) is 5.14. The van der Waals surface area contributed by atoms with Crippen LogP contribution in [0.1, 0.15) is 5.56 Å². The van der Waals surface area contributed by atoms with E-state index in [0.29, 0.717) is 43.7 Å². The second kappa shape index (κ2) is 15.6. The summed E-state index contributed by atoms with van der Waals surface area (Å²) in [6.07, 6.45) is 2.50. The van der Waals surface area contributed by atoms with Crippen molar-refractivity contribution in [2.24, 2.45) is 9.98 Å². The number of carbonyl (C=O) groups is 1. The SMILES string of the molecule is C=CN=C(N=C(CNc1ccc(N2CCOCC2)cc1)c1ccc(F)c(NC(=O)C=C)c1)Nc1cccc(N2CCOCC2)c1. The fourth-order valence-corrected chi connectivity index (χ4v) is 5.02. The van der Waals surface area contributed by atoms with Crippen molar-refractivity contribution in [3.05, 3.63) is 104 Å². The maximum Gasteiger partial charge on any atom is 0.247 e. The number of anilines is 5. The van der Waals surface area contributed by atoms with E-state index in [-0.39, 0.29) is 12.2 Å². The van der Waals surface area contributed by atoms with Gasteiger partial charge in [0, 0.05) is 60.7 Å². The maximum absolute atomic E-state index is 14.7. The van der Waals surface area contributed by atoms with Crippen LogP contribution in [0.15, 0.2) is 102 Å². The highest BCUT2D eigenvalue weighted by atomic mass is 19.1. The average molecular weight is 612 g/mol. The monoisotopic (exact) mass is 611 g/mol. The molecular formula is C34H38FN7O3. The summed E-state index contributed by atoms with van der Waals surface area (Å²) < 4.78 is 25.6. The largest absolute Gasteiger partial charge is 0.379 e. The quantitative estimate of drug-likeness (QED) is 0.166. The number of hydrogen-bond donors (Lipinski definition) is 3. The number of rotatable bonds is 10. The van der Waals surface area contributed by atoms with Crippen molar-refractivity contribution < 1.29 is 18.7 Å². The van der Waals surface area contributed by atoms with Gasteiger partial charge in [-0.3, -0.25) is 4.79 Å². The van der Waals surface area contributed by atoms with Crippen molar-refractivity contribution in [2.45, 2.75) is 0 Å². The van der Waals surface area contributed by atoms with Gasteiger partial charge in [0.15, 0.2) is 0 Å². The number of hydrogen-bond acceptors (Lipinski definition) is 7. The number of nitrogens with one attached hydrogen (secondary N) is 3. The lowest BCUT2D eigenvalue weighted by Crippen LogP contribution is -2.36. The molecule has 3 N–H and O–H groups in total. The molecular weight excluding hydrogens is 573 g/mol. The van der Waals surface area contributed by atoms with Crippen molar-refractivity contribution in [2.75, 3.05) is 84.9 Å². The van der Waals surface area contributed by atoms with E-state index in [2.05, 4.69) is 62.1 Å². The molecule has 2 aliphatic heterocycles. The average Bonchev–Trinajstić information content (AvgIpc) is 3.09. The molecule has 5 rings (SSSR count). The van der Waals surface area contributed by atoms with Gasteiger partial charge in [0.2, 0.25) is 11.9 Å². The number of morpholine rings is 2. The van der Waals surface area contributed by atoms with E-state index in [1.807, 2.05) is 30.3 Å². The molecule has 234 valence electrons. The molecule has 2 heterocycles. The van der Waals surface area contributed by atoms with Gasteiger partial charge >= 0.3 is 0 Å². The molecule has 0 radical (unpaired) electrons. The Kier molecular flexibility index (Phi) is 10.9. The van der Waals surface area contributed by atoms with Crippen LogP contribution in [0, 0.1) is 5.82 Å². The summed E-state index contributed by atoms with van der Waals surface area (Å²) in [5.41, 5.74) is 5.04. The van der Waals surface area contributed by atoms with Crippen molar-refractivity contribution in [1.82, 2.24) is 0 Å². The summed E-state index contributed by atoms with van der Waals surface area (Å²) >= 11 is 0. The van der Waals surface area contributed by atoms with Gasteiger partial charge in [0.05, 0.1) is 44.4 Å². The van der Waals surface area contributed by atoms with E-state index < -0.39 is 11.7 Å². The standard InChI is InChI=1S/C34H38FN7O3/c1-3-33(43)39-31-22-25(8-13-30(31)35)32(24-37-26-9-11-28(12-10-26)41-14-18-44-19-15-41)40-34(36-4-2)38-27-6-5-7-29(23-27)42-16-20-45-21-17-42/h3-13,22-23,37H,1-2,14-21,24H2,(H,36,38)(H,39,43). The lowest BCUT2D eigenvalue weighted by molar-refractivity contribution is -0.111. The van der Waals surface area contributed by atoms with Gasteiger partial charge in [0.1, 0.15) is 5.82 Å². The molecule has 10 nitrogen and oxygen atoms in total. The van der Waals surface area contributed by atoms with E-state index in [4.69, 9.17) is 14.5 Å². The zero-order chi connectivity index (χ0) is 31.4. The fraction of sp³-hybridized carbons (Fsp3) is 0.265. The number of amides is 1. The number of ether oxygens (including phenoxy) is 2. The second-order valence-corrected chi connectivity index (χ2v) is 10.4. The Morgan fingerprint density at radius 3 is 2.20 bits per heavy atom. The van der Waals surface area contributed by atoms with Crippen LogP contribution in [-0.2, 0) is 14.3 Å². The number of benzene rings is 3. The smallest absolute Gasteiger partial charge is 0.247 e. The van der Waals surface area contributed by atoms with Crippen LogP contribution in [0.25, 0.3) is 0 Å². The molecule has 0 bridgehead atoms. The Bertz CT molecular complexity index is 1550. The first-order valence-corrected chi connectivity index (χ1v) is 14.9. The van der Waals surface area contributed by atoms with Crippen LogP contribution in [0.5, 0.6) is 0 Å². The highest BCUT2D eigenvalue weighted by Gasteiger charge is 2.15. The number of halogens is 1. The minimum atomic E-state index is -0.571. The lowest BCUT2D eigenvalue weighted by atomic mass is 10.1. The molecule has 3 aromatic carbocycles. The van der Waals surface area contributed by atoms with E-state index >= 15 is 0 Å². The Morgan fingerprint density at radius 2 is 1.53 bits per heavy atom. The zero-order valence-electron chi connectivity index (χ0n) is 25.2. The third-order valence-electron chi connectivity index (χ3n) is 7.38. The highest BCUT2D eigenvalue weighted by Crippen LogP contribution is 2.23. The van der Waals surface area contributed by atoms with Crippen LogP contribution in [0.2, 0.25) is 0 Å². The van der Waals surface area contributed by atoms with E-state index in [1.54, 1.807) is 12.1 Å². The van der Waals surface area contributed by atoms with Crippen LogP contribution >= 0.6 is 0 Å². The van der Waals surface area contributed by atoms with Crippen LogP contribution < -0.4 is 25.8 Å². The van der Waals surface area contributed by atoms with Gasteiger partial charge in [-0.15, -0.1) is 0 Å². The zero-order valence-corrected chi connectivity index (χ0v) is 25.2. The third kappa shape index (κ3) is 8.78. The van der Waals surface area contributed by atoms with Crippen LogP contribution in [0.4, 0.5) is 32.8 Å². The normalized spacial score (nSPS) is 15.8. The van der Waals surface area contributed by atoms with Gasteiger partial charge in [0.25, 0.3) is 0 Å². The first kappa shape index (κ1) is 31.4. The molecule has 3 aromatic rings. The van der Waals surface area contributed by atoms with Gasteiger partial charge in [-0.25, -0.2) is 14.4 Å². The molecule has 1 amide bonds. The number of carbonyl (C=O) groups excluding carboxylic acids is 1. The maximum atomic E-state index is 14.7. The van der Waals surface area contributed by atoms with E-state index in [9.17, 15) is 9.18 Å². The molecule has 45 heavy (non-hydrogen) atoms. The Balaban J connectivity index is 1.41. The summed E-state index contributed by atoms with van der Waals surface area (Å²) in [6.45, 7) is 13.6. The van der Waals surface area contributed by atoms with Crippen molar-refractivity contribution in [1.29, 1.82) is 0 Å². The molecule has 0 atom stereocenters. The van der Waals surface area contributed by atoms with Gasteiger partial charge in [-0.1, -0.05) is 25.3 Å². The number of aliphatic imine (C=N–C) groups is 2. The van der Waals surface area contributed by atoms with Gasteiger partial charge < -0.3 is 35.2 Å². The Hall–Kier alpha value is -5.00. The predicted molar refractivity (Wildman–Crippen MR) is 180 cm³/mol. The Morgan fingerprint density at radius 1 is 0.844 bits per heavy atom. The minimum absolute atomic E-state index is 0.0216. The third-order valence-corrected chi connectivity index (χ3v) is 7.38. The highest BCUT2D eigenvalue weighted by molar-refractivity contribution is 6.12. The lowest BCUT2D eigenvalue weighted by Gasteiger charge is -2.29. The molecule has 0 spiro atoms. The van der Waals surface area contributed by atoms with Crippen molar-refractivity contribution in [3.63, 3.8) is 0 Å². The topological polar surface area (TPSA) is 103 Å². The molecule has 11 heteroatoms. The summed E-state index contributed by atoms with van der Waals surface area (Å²) in [6, 6.07) is 20.6. The van der Waals surface area contributed by atoms with Crippen molar-refractivity contribution >= 4 is 46.0 Å². The molecule has 2 aliphatic rings. The molecule has 0 unspecified atom stereocenters. The molecule has 0 saturated carbocycles.